The van der Waals surface area contributed by atoms with Crippen molar-refractivity contribution in [3.05, 3.63) is 0 Å². The van der Waals surface area contributed by atoms with E-state index in [1.54, 1.807) is 0 Å². The minimum absolute atomic E-state index is 0.292. The third kappa shape index (κ3) is 14.0. The molecule has 0 aliphatic rings. The van der Waals surface area contributed by atoms with Crippen LogP contribution < -0.4 is 5.32 Å². The second kappa shape index (κ2) is 10.9. The summed E-state index contributed by atoms with van der Waals surface area (Å²) in [4.78, 5) is 11.5. The number of hydrogen-bond donors (Lipinski definition) is 2. The predicted octanol–water partition coefficient (Wildman–Crippen LogP) is 0.706. The molecule has 0 spiro atoms. The zero-order chi connectivity index (χ0) is 16.3. The summed E-state index contributed by atoms with van der Waals surface area (Å²) in [7, 11) is -4.13. The Morgan fingerprint density at radius 2 is 1.67 bits per heavy atom. The van der Waals surface area contributed by atoms with Crippen LogP contribution in [0.15, 0.2) is 0 Å². The van der Waals surface area contributed by atoms with E-state index in [1.807, 2.05) is 0 Å². The van der Waals surface area contributed by atoms with Crippen LogP contribution in [0, 0.1) is 11.8 Å². The van der Waals surface area contributed by atoms with Crippen molar-refractivity contribution >= 4 is 16.0 Å². The molecule has 1 atom stereocenters. The van der Waals surface area contributed by atoms with Crippen molar-refractivity contribution < 1.29 is 27.2 Å². The fraction of sp³-hybridized carbons (Fsp3) is 0.923. The topological polar surface area (TPSA) is 102 Å². The summed E-state index contributed by atoms with van der Waals surface area (Å²) in [6.07, 6.45) is 1.02. The number of rotatable bonds is 12. The molecule has 126 valence electrons. The Bertz CT molecular complexity index is 382. The van der Waals surface area contributed by atoms with Gasteiger partial charge >= 0.3 is 0 Å². The van der Waals surface area contributed by atoms with Crippen molar-refractivity contribution in [3.63, 3.8) is 0 Å². The van der Waals surface area contributed by atoms with E-state index < -0.39 is 27.7 Å². The molecule has 7 nitrogen and oxygen atoms in total. The van der Waals surface area contributed by atoms with E-state index in [-0.39, 0.29) is 0 Å². The summed E-state index contributed by atoms with van der Waals surface area (Å²) in [6, 6.07) is 0. The molecule has 0 saturated carbocycles. The second-order valence-corrected chi connectivity index (χ2v) is 6.85. The lowest BCUT2D eigenvalue weighted by Crippen LogP contribution is -2.35. The van der Waals surface area contributed by atoms with Gasteiger partial charge in [-0.05, 0) is 12.3 Å². The first-order valence-corrected chi connectivity index (χ1v) is 8.71. The summed E-state index contributed by atoms with van der Waals surface area (Å²) in [5, 5.41) is 2.54. The van der Waals surface area contributed by atoms with Crippen molar-refractivity contribution in [3.8, 4) is 0 Å². The summed E-state index contributed by atoms with van der Waals surface area (Å²) < 4.78 is 40.5. The lowest BCUT2D eigenvalue weighted by Gasteiger charge is -2.11. The Kier molecular flexibility index (Phi) is 10.6. The average molecular weight is 325 g/mol. The highest BCUT2D eigenvalue weighted by Crippen LogP contribution is 1.99. The molecule has 0 rings (SSSR count). The van der Waals surface area contributed by atoms with Crippen LogP contribution in [0.25, 0.3) is 0 Å². The molecule has 2 N–H and O–H groups in total. The van der Waals surface area contributed by atoms with Gasteiger partial charge < -0.3 is 14.8 Å². The van der Waals surface area contributed by atoms with Crippen LogP contribution in [0.5, 0.6) is 0 Å². The van der Waals surface area contributed by atoms with Gasteiger partial charge in [-0.3, -0.25) is 9.35 Å². The number of ether oxygens (including phenoxy) is 2. The fourth-order valence-corrected chi connectivity index (χ4v) is 2.24. The molecule has 0 radical (unpaired) electrons. The molecule has 0 aliphatic heterocycles. The Balaban J connectivity index is 3.48. The molecule has 0 saturated heterocycles. The summed E-state index contributed by atoms with van der Waals surface area (Å²) in [5.41, 5.74) is 0. The zero-order valence-corrected chi connectivity index (χ0v) is 13.8. The van der Waals surface area contributed by atoms with Crippen LogP contribution in [0.4, 0.5) is 0 Å². The van der Waals surface area contributed by atoms with Gasteiger partial charge in [-0.2, -0.15) is 8.42 Å². The fourth-order valence-electron chi connectivity index (χ4n) is 1.45. The van der Waals surface area contributed by atoms with Crippen molar-refractivity contribution in [1.29, 1.82) is 0 Å². The Morgan fingerprint density at radius 1 is 1.10 bits per heavy atom. The SMILES string of the molecule is CC(C)CCOCCOCCNC(=O)[C@H](C)CS(=O)(=O)O. The Morgan fingerprint density at radius 3 is 2.19 bits per heavy atom. The highest BCUT2D eigenvalue weighted by molar-refractivity contribution is 7.85. The van der Waals surface area contributed by atoms with Gasteiger partial charge in [0.25, 0.3) is 10.1 Å². The van der Waals surface area contributed by atoms with Crippen LogP contribution >= 0.6 is 0 Å². The normalized spacial score (nSPS) is 13.4. The summed E-state index contributed by atoms with van der Waals surface area (Å²) in [5.74, 6) is -1.18. The summed E-state index contributed by atoms with van der Waals surface area (Å²) in [6.45, 7) is 8.00. The maximum atomic E-state index is 11.5. The van der Waals surface area contributed by atoms with E-state index >= 15 is 0 Å². The minimum atomic E-state index is -4.13. The predicted molar refractivity (Wildman–Crippen MR) is 79.7 cm³/mol. The standard InChI is InChI=1S/C13H27NO6S/c1-11(2)4-6-19-8-9-20-7-5-14-13(15)12(3)10-21(16,17)18/h11-12H,4-10H2,1-3H3,(H,14,15)(H,16,17,18)/t12-/m1/s1. The van der Waals surface area contributed by atoms with Gasteiger partial charge in [-0.1, -0.05) is 20.8 Å². The van der Waals surface area contributed by atoms with E-state index in [1.165, 1.54) is 6.92 Å². The molecule has 8 heteroatoms. The maximum absolute atomic E-state index is 11.5. The molecule has 0 bridgehead atoms. The molecule has 0 unspecified atom stereocenters. The van der Waals surface area contributed by atoms with E-state index in [0.29, 0.717) is 38.9 Å². The van der Waals surface area contributed by atoms with Gasteiger partial charge in [-0.25, -0.2) is 0 Å². The van der Waals surface area contributed by atoms with E-state index in [2.05, 4.69) is 19.2 Å². The number of carbonyl (C=O) groups is 1. The molecule has 0 heterocycles. The Hall–Kier alpha value is -0.700. The molecular weight excluding hydrogens is 298 g/mol. The van der Waals surface area contributed by atoms with Crippen LogP contribution in [-0.2, 0) is 24.4 Å². The number of amides is 1. The molecule has 0 aromatic carbocycles. The molecule has 0 aromatic rings. The first-order valence-electron chi connectivity index (χ1n) is 7.10. The van der Waals surface area contributed by atoms with Crippen LogP contribution in [0.3, 0.4) is 0 Å². The van der Waals surface area contributed by atoms with Crippen molar-refractivity contribution in [2.45, 2.75) is 27.2 Å². The molecule has 21 heavy (non-hydrogen) atoms. The van der Waals surface area contributed by atoms with E-state index in [4.69, 9.17) is 14.0 Å². The largest absolute Gasteiger partial charge is 0.379 e. The van der Waals surface area contributed by atoms with Gasteiger partial charge in [-0.15, -0.1) is 0 Å². The lowest BCUT2D eigenvalue weighted by molar-refractivity contribution is -0.124. The molecule has 0 aromatic heterocycles. The van der Waals surface area contributed by atoms with Gasteiger partial charge in [0.05, 0.1) is 31.5 Å². The second-order valence-electron chi connectivity index (χ2n) is 5.35. The monoisotopic (exact) mass is 325 g/mol. The third-order valence-electron chi connectivity index (χ3n) is 2.67. The van der Waals surface area contributed by atoms with Crippen molar-refractivity contribution in [1.82, 2.24) is 5.32 Å². The lowest BCUT2D eigenvalue weighted by atomic mass is 10.1. The quantitative estimate of drug-likeness (QED) is 0.405. The van der Waals surface area contributed by atoms with Crippen LogP contribution in [0.1, 0.15) is 27.2 Å². The number of nitrogens with one attached hydrogen (secondary N) is 1. The van der Waals surface area contributed by atoms with Crippen LogP contribution in [0.2, 0.25) is 0 Å². The van der Waals surface area contributed by atoms with Crippen molar-refractivity contribution in [2.75, 3.05) is 38.7 Å². The van der Waals surface area contributed by atoms with Gasteiger partial charge in [0.2, 0.25) is 5.91 Å². The number of hydrogen-bond acceptors (Lipinski definition) is 5. The number of carbonyl (C=O) groups excluding carboxylic acids is 1. The zero-order valence-electron chi connectivity index (χ0n) is 13.0. The third-order valence-corrected chi connectivity index (χ3v) is 3.59. The van der Waals surface area contributed by atoms with E-state index in [0.717, 1.165) is 6.42 Å². The molecule has 0 fully saturated rings. The first-order chi connectivity index (χ1) is 9.72. The summed E-state index contributed by atoms with van der Waals surface area (Å²) >= 11 is 0. The molecular formula is C13H27NO6S. The van der Waals surface area contributed by atoms with E-state index in [9.17, 15) is 13.2 Å². The van der Waals surface area contributed by atoms with Gasteiger partial charge in [0, 0.05) is 13.2 Å². The van der Waals surface area contributed by atoms with Crippen molar-refractivity contribution in [2.24, 2.45) is 11.8 Å². The van der Waals surface area contributed by atoms with Crippen LogP contribution in [-0.4, -0.2) is 57.6 Å². The Labute approximate surface area is 127 Å². The highest BCUT2D eigenvalue weighted by atomic mass is 32.2. The first kappa shape index (κ1) is 20.3. The smallest absolute Gasteiger partial charge is 0.265 e. The minimum Gasteiger partial charge on any atom is -0.379 e. The highest BCUT2D eigenvalue weighted by Gasteiger charge is 2.18. The molecule has 1 amide bonds. The maximum Gasteiger partial charge on any atom is 0.265 e. The average Bonchev–Trinajstić information content (AvgIpc) is 2.34. The van der Waals surface area contributed by atoms with Gasteiger partial charge in [0.1, 0.15) is 0 Å². The molecule has 0 aliphatic carbocycles. The van der Waals surface area contributed by atoms with Gasteiger partial charge in [0.15, 0.2) is 0 Å².